The smallest absolute Gasteiger partial charge is 0.266 e. The molecule has 0 unspecified atom stereocenters. The highest BCUT2D eigenvalue weighted by atomic mass is 32.2. The van der Waals surface area contributed by atoms with Gasteiger partial charge in [-0.2, -0.15) is 8.42 Å². The van der Waals surface area contributed by atoms with Crippen LogP contribution in [0.1, 0.15) is 12.0 Å². The fourth-order valence-corrected chi connectivity index (χ4v) is 2.04. The van der Waals surface area contributed by atoms with Crippen LogP contribution >= 0.6 is 0 Å². The minimum absolute atomic E-state index is 0.0942. The summed E-state index contributed by atoms with van der Waals surface area (Å²) >= 11 is 0. The van der Waals surface area contributed by atoms with Crippen molar-refractivity contribution in [3.63, 3.8) is 0 Å². The molecule has 0 N–H and O–H groups in total. The summed E-state index contributed by atoms with van der Waals surface area (Å²) in [5.74, 6) is 0. The summed E-state index contributed by atoms with van der Waals surface area (Å²) < 4.78 is 28.1. The van der Waals surface area contributed by atoms with E-state index in [1.54, 1.807) is 12.1 Å². The van der Waals surface area contributed by atoms with Gasteiger partial charge in [0.2, 0.25) is 0 Å². The molecular weight excluding hydrogens is 226 g/mol. The third kappa shape index (κ3) is 3.65. The molecule has 0 heterocycles. The van der Waals surface area contributed by atoms with Crippen LogP contribution in [0.25, 0.3) is 4.85 Å². The first-order valence-electron chi connectivity index (χ1n) is 4.89. The van der Waals surface area contributed by atoms with Crippen LogP contribution in [0.5, 0.6) is 0 Å². The van der Waals surface area contributed by atoms with E-state index < -0.39 is 10.1 Å². The molecule has 0 saturated heterocycles. The van der Waals surface area contributed by atoms with E-state index in [1.165, 1.54) is 12.1 Å². The number of hydrogen-bond donors (Lipinski definition) is 0. The Hall–Kier alpha value is -1.38. The van der Waals surface area contributed by atoms with Gasteiger partial charge in [-0.25, -0.2) is 0 Å². The summed E-state index contributed by atoms with van der Waals surface area (Å²) in [7, 11) is -3.64. The molecule has 0 aliphatic heterocycles. The quantitative estimate of drug-likeness (QED) is 0.584. The zero-order valence-electron chi connectivity index (χ0n) is 9.09. The largest absolute Gasteiger partial charge is 0.296 e. The highest BCUT2D eigenvalue weighted by molar-refractivity contribution is 7.86. The second kappa shape index (κ2) is 5.64. The summed E-state index contributed by atoms with van der Waals surface area (Å²) in [5.41, 5.74) is 1.00. The van der Waals surface area contributed by atoms with Crippen LogP contribution < -0.4 is 0 Å². The molecule has 0 atom stereocenters. The summed E-state index contributed by atoms with van der Waals surface area (Å²) in [6.07, 6.45) is 0.488. The van der Waals surface area contributed by atoms with Gasteiger partial charge in [0.1, 0.15) is 0 Å². The Labute approximate surface area is 95.8 Å². The zero-order chi connectivity index (χ0) is 12.0. The summed E-state index contributed by atoms with van der Waals surface area (Å²) in [6.45, 7) is 7.30. The van der Waals surface area contributed by atoms with Crippen LogP contribution in [0, 0.1) is 13.5 Å². The topological polar surface area (TPSA) is 47.7 Å². The summed E-state index contributed by atoms with van der Waals surface area (Å²) in [5, 5.41) is 0. The van der Waals surface area contributed by atoms with Crippen LogP contribution in [0.4, 0.5) is 0 Å². The fourth-order valence-electron chi connectivity index (χ4n) is 1.10. The van der Waals surface area contributed by atoms with Gasteiger partial charge in [-0.15, -0.1) is 0 Å². The molecule has 0 spiro atoms. The van der Waals surface area contributed by atoms with E-state index in [-0.39, 0.29) is 11.5 Å². The standard InChI is InChI=1S/C11H14NO3S/c1-10-4-6-11(7-5-10)16(13,14)15-9-3-8-12-2/h2,4-7H,3,8-9H2,1H3/q+1. The molecule has 16 heavy (non-hydrogen) atoms. The minimum atomic E-state index is -3.64. The van der Waals surface area contributed by atoms with Crippen molar-refractivity contribution >= 4 is 10.1 Å². The second-order valence-electron chi connectivity index (χ2n) is 3.35. The SMILES string of the molecule is C#[N+]CCCOS(=O)(=O)c1ccc(C)cc1. The maximum absolute atomic E-state index is 11.6. The number of nitrogens with zero attached hydrogens (tertiary/aromatic N) is 1. The third-order valence-corrected chi connectivity index (χ3v) is 3.31. The van der Waals surface area contributed by atoms with Gasteiger partial charge in [0.05, 0.1) is 11.5 Å². The van der Waals surface area contributed by atoms with Crippen molar-refractivity contribution in [3.05, 3.63) is 34.7 Å². The Morgan fingerprint density at radius 1 is 1.31 bits per heavy atom. The molecule has 0 amide bonds. The molecule has 0 saturated carbocycles. The normalized spacial score (nSPS) is 11.0. The molecule has 1 rings (SSSR count). The Morgan fingerprint density at radius 2 is 1.94 bits per heavy atom. The van der Waals surface area contributed by atoms with Crippen molar-refractivity contribution < 1.29 is 12.6 Å². The van der Waals surface area contributed by atoms with Crippen molar-refractivity contribution in [2.24, 2.45) is 0 Å². The van der Waals surface area contributed by atoms with E-state index in [9.17, 15) is 8.42 Å². The Morgan fingerprint density at radius 3 is 2.50 bits per heavy atom. The Balaban J connectivity index is 2.64. The lowest BCUT2D eigenvalue weighted by atomic mass is 10.2. The summed E-state index contributed by atoms with van der Waals surface area (Å²) in [6, 6.07) is 6.51. The zero-order valence-corrected chi connectivity index (χ0v) is 9.90. The molecule has 0 aliphatic carbocycles. The molecule has 0 aromatic heterocycles. The molecule has 1 aromatic carbocycles. The van der Waals surface area contributed by atoms with Gasteiger partial charge < -0.3 is 0 Å². The maximum Gasteiger partial charge on any atom is 0.296 e. The van der Waals surface area contributed by atoms with Gasteiger partial charge in [0.15, 0.2) is 0 Å². The van der Waals surface area contributed by atoms with E-state index >= 15 is 0 Å². The molecule has 1 aromatic rings. The van der Waals surface area contributed by atoms with E-state index in [0.29, 0.717) is 13.0 Å². The second-order valence-corrected chi connectivity index (χ2v) is 4.96. The van der Waals surface area contributed by atoms with Gasteiger partial charge in [-0.3, -0.25) is 4.18 Å². The first-order valence-corrected chi connectivity index (χ1v) is 6.30. The Bertz CT molecular complexity index is 471. The lowest BCUT2D eigenvalue weighted by Crippen LogP contribution is -2.08. The first-order chi connectivity index (χ1) is 7.56. The van der Waals surface area contributed by atoms with E-state index in [1.807, 2.05) is 6.92 Å². The van der Waals surface area contributed by atoms with Gasteiger partial charge in [-0.05, 0) is 19.1 Å². The van der Waals surface area contributed by atoms with Crippen molar-refractivity contribution in [2.75, 3.05) is 13.2 Å². The molecule has 4 nitrogen and oxygen atoms in total. The third-order valence-electron chi connectivity index (χ3n) is 1.98. The molecular formula is C11H14NO3S+. The van der Waals surface area contributed by atoms with Crippen LogP contribution in [-0.2, 0) is 14.3 Å². The predicted octanol–water partition coefficient (Wildman–Crippen LogP) is 2.05. The van der Waals surface area contributed by atoms with Gasteiger partial charge in [0.25, 0.3) is 23.2 Å². The lowest BCUT2D eigenvalue weighted by Gasteiger charge is -2.03. The van der Waals surface area contributed by atoms with Crippen molar-refractivity contribution in [2.45, 2.75) is 18.2 Å². The molecule has 5 heteroatoms. The number of rotatable bonds is 5. The van der Waals surface area contributed by atoms with E-state index in [4.69, 9.17) is 10.8 Å². The van der Waals surface area contributed by atoms with Crippen molar-refractivity contribution in [1.82, 2.24) is 0 Å². The lowest BCUT2D eigenvalue weighted by molar-refractivity contribution is 0.317. The molecule has 0 fully saturated rings. The van der Waals surface area contributed by atoms with Crippen molar-refractivity contribution in [3.8, 4) is 6.57 Å². The molecule has 0 aliphatic rings. The monoisotopic (exact) mass is 240 g/mol. The summed E-state index contributed by atoms with van der Waals surface area (Å²) in [4.78, 5) is 3.53. The molecule has 86 valence electrons. The number of hydrogen-bond acceptors (Lipinski definition) is 3. The van der Waals surface area contributed by atoms with Gasteiger partial charge >= 0.3 is 0 Å². The van der Waals surface area contributed by atoms with Crippen LogP contribution in [0.15, 0.2) is 29.2 Å². The fraction of sp³-hybridized carbons (Fsp3) is 0.364. The van der Waals surface area contributed by atoms with Crippen LogP contribution in [0.2, 0.25) is 0 Å². The van der Waals surface area contributed by atoms with Crippen LogP contribution in [0.3, 0.4) is 0 Å². The van der Waals surface area contributed by atoms with Crippen LogP contribution in [-0.4, -0.2) is 21.6 Å². The minimum Gasteiger partial charge on any atom is -0.266 e. The molecule has 0 radical (unpaired) electrons. The molecule has 0 bridgehead atoms. The average Bonchev–Trinajstić information content (AvgIpc) is 2.25. The Kier molecular flexibility index (Phi) is 4.47. The van der Waals surface area contributed by atoms with E-state index in [2.05, 4.69) is 4.85 Å². The highest BCUT2D eigenvalue weighted by Crippen LogP contribution is 2.13. The van der Waals surface area contributed by atoms with Crippen molar-refractivity contribution in [1.29, 1.82) is 0 Å². The van der Waals surface area contributed by atoms with E-state index in [0.717, 1.165) is 5.56 Å². The van der Waals surface area contributed by atoms with Gasteiger partial charge in [-0.1, -0.05) is 22.5 Å². The average molecular weight is 240 g/mol. The maximum atomic E-state index is 11.6. The highest BCUT2D eigenvalue weighted by Gasteiger charge is 2.14. The van der Waals surface area contributed by atoms with Gasteiger partial charge in [0, 0.05) is 6.42 Å². The predicted molar refractivity (Wildman–Crippen MR) is 62.1 cm³/mol. The number of benzene rings is 1. The first kappa shape index (κ1) is 12.7. The number of aryl methyl sites for hydroxylation is 1.